The number of hydrogen-bond acceptors (Lipinski definition) is 2. The molecule has 0 unspecified atom stereocenters. The van der Waals surface area contributed by atoms with Gasteiger partial charge in [0.25, 0.3) is 0 Å². The number of rotatable bonds is 2. The van der Waals surface area contributed by atoms with Gasteiger partial charge >= 0.3 is 0 Å². The summed E-state index contributed by atoms with van der Waals surface area (Å²) in [7, 11) is 0. The van der Waals surface area contributed by atoms with E-state index in [1.807, 2.05) is 30.7 Å². The number of benzene rings is 2. The lowest BCUT2D eigenvalue weighted by Crippen LogP contribution is -1.88. The number of fused-ring (bicyclic) bond motifs is 1. The molecule has 0 atom stereocenters. The van der Waals surface area contributed by atoms with Crippen LogP contribution in [0.25, 0.3) is 33.0 Å². The van der Waals surface area contributed by atoms with Crippen LogP contribution < -0.4 is 0 Å². The largest absolute Gasteiger partial charge is 0.264 e. The van der Waals surface area contributed by atoms with Gasteiger partial charge in [-0.3, -0.25) is 9.97 Å². The fraction of sp³-hybridized carbons (Fsp3) is 0.0476. The summed E-state index contributed by atoms with van der Waals surface area (Å²) in [4.78, 5) is 8.53. The van der Waals surface area contributed by atoms with E-state index >= 15 is 0 Å². The second-order valence-electron chi connectivity index (χ2n) is 5.73. The predicted octanol–water partition coefficient (Wildman–Crippen LogP) is 5.27. The second kappa shape index (κ2) is 5.65. The molecule has 0 saturated heterocycles. The number of aryl methyl sites for hydroxylation is 1. The maximum Gasteiger partial charge on any atom is 0.0346 e. The summed E-state index contributed by atoms with van der Waals surface area (Å²) in [5.41, 5.74) is 6.00. The highest BCUT2D eigenvalue weighted by Crippen LogP contribution is 2.35. The molecule has 2 nitrogen and oxygen atoms in total. The van der Waals surface area contributed by atoms with Gasteiger partial charge in [-0.1, -0.05) is 35.9 Å². The molecule has 0 spiro atoms. The Labute approximate surface area is 135 Å². The molecule has 4 rings (SSSR count). The summed E-state index contributed by atoms with van der Waals surface area (Å²) in [5.74, 6) is 0. The lowest BCUT2D eigenvalue weighted by Gasteiger charge is -2.12. The molecule has 0 fully saturated rings. The normalized spacial score (nSPS) is 10.8. The molecule has 23 heavy (non-hydrogen) atoms. The van der Waals surface area contributed by atoms with Crippen LogP contribution in [0.1, 0.15) is 5.56 Å². The van der Waals surface area contributed by atoms with Crippen LogP contribution in [0.2, 0.25) is 0 Å². The molecule has 0 aliphatic carbocycles. The minimum Gasteiger partial charge on any atom is -0.264 e. The third-order valence-corrected chi connectivity index (χ3v) is 4.11. The van der Waals surface area contributed by atoms with Crippen molar-refractivity contribution in [2.24, 2.45) is 0 Å². The van der Waals surface area contributed by atoms with Gasteiger partial charge in [0.15, 0.2) is 0 Å². The Morgan fingerprint density at radius 1 is 0.652 bits per heavy atom. The molecular formula is C21H16N2. The lowest BCUT2D eigenvalue weighted by atomic mass is 9.92. The standard InChI is InChI=1S/C21H16N2/c1-15-4-6-16(7-5-15)20-12-19-14-23-10-8-17(19)11-21(20)18-3-2-9-22-13-18/h2-14H,1H3. The summed E-state index contributed by atoms with van der Waals surface area (Å²) in [5, 5.41) is 2.34. The topological polar surface area (TPSA) is 25.8 Å². The van der Waals surface area contributed by atoms with Crippen molar-refractivity contribution in [1.82, 2.24) is 9.97 Å². The maximum atomic E-state index is 4.28. The van der Waals surface area contributed by atoms with E-state index in [1.54, 1.807) is 6.20 Å². The zero-order valence-corrected chi connectivity index (χ0v) is 12.9. The first-order chi connectivity index (χ1) is 11.3. The van der Waals surface area contributed by atoms with Crippen LogP contribution in [0.4, 0.5) is 0 Å². The van der Waals surface area contributed by atoms with Crippen LogP contribution in [0.15, 0.2) is 79.4 Å². The Morgan fingerprint density at radius 2 is 1.39 bits per heavy atom. The first-order valence-electron chi connectivity index (χ1n) is 7.66. The third kappa shape index (κ3) is 2.59. The minimum atomic E-state index is 1.13. The molecular weight excluding hydrogens is 280 g/mol. The Hall–Kier alpha value is -3.00. The van der Waals surface area contributed by atoms with E-state index in [1.165, 1.54) is 27.6 Å². The smallest absolute Gasteiger partial charge is 0.0346 e. The highest BCUT2D eigenvalue weighted by molar-refractivity contribution is 5.95. The fourth-order valence-corrected chi connectivity index (χ4v) is 2.87. The van der Waals surface area contributed by atoms with Gasteiger partial charge in [0.1, 0.15) is 0 Å². The maximum absolute atomic E-state index is 4.28. The van der Waals surface area contributed by atoms with E-state index in [0.29, 0.717) is 0 Å². The zero-order valence-electron chi connectivity index (χ0n) is 12.9. The first-order valence-corrected chi connectivity index (χ1v) is 7.66. The summed E-state index contributed by atoms with van der Waals surface area (Å²) < 4.78 is 0. The van der Waals surface area contributed by atoms with E-state index in [9.17, 15) is 0 Å². The van der Waals surface area contributed by atoms with Crippen molar-refractivity contribution in [2.45, 2.75) is 6.92 Å². The van der Waals surface area contributed by atoms with E-state index in [-0.39, 0.29) is 0 Å². The van der Waals surface area contributed by atoms with Gasteiger partial charge in [-0.25, -0.2) is 0 Å². The van der Waals surface area contributed by atoms with Crippen LogP contribution in [0.3, 0.4) is 0 Å². The quantitative estimate of drug-likeness (QED) is 0.503. The summed E-state index contributed by atoms with van der Waals surface area (Å²) in [6, 6.07) is 19.2. The molecule has 0 aliphatic rings. The molecule has 2 aromatic carbocycles. The monoisotopic (exact) mass is 296 g/mol. The average molecular weight is 296 g/mol. The molecule has 110 valence electrons. The van der Waals surface area contributed by atoms with Gasteiger partial charge in [0.2, 0.25) is 0 Å². The molecule has 0 aliphatic heterocycles. The highest BCUT2D eigenvalue weighted by atomic mass is 14.6. The van der Waals surface area contributed by atoms with E-state index in [4.69, 9.17) is 0 Å². The van der Waals surface area contributed by atoms with Crippen molar-refractivity contribution in [2.75, 3.05) is 0 Å². The highest BCUT2D eigenvalue weighted by Gasteiger charge is 2.10. The molecule has 4 aromatic rings. The van der Waals surface area contributed by atoms with Gasteiger partial charge in [-0.05, 0) is 53.3 Å². The van der Waals surface area contributed by atoms with Crippen LogP contribution >= 0.6 is 0 Å². The summed E-state index contributed by atoms with van der Waals surface area (Å²) >= 11 is 0. The minimum absolute atomic E-state index is 1.13. The number of hydrogen-bond donors (Lipinski definition) is 0. The Morgan fingerprint density at radius 3 is 2.17 bits per heavy atom. The van der Waals surface area contributed by atoms with Gasteiger partial charge in [0.05, 0.1) is 0 Å². The van der Waals surface area contributed by atoms with Crippen molar-refractivity contribution in [3.63, 3.8) is 0 Å². The van der Waals surface area contributed by atoms with Crippen LogP contribution in [-0.2, 0) is 0 Å². The lowest BCUT2D eigenvalue weighted by molar-refractivity contribution is 1.33. The summed E-state index contributed by atoms with van der Waals surface area (Å²) in [6.07, 6.45) is 7.47. The van der Waals surface area contributed by atoms with E-state index in [0.717, 1.165) is 10.9 Å². The average Bonchev–Trinajstić information content (AvgIpc) is 2.62. The van der Waals surface area contributed by atoms with Crippen LogP contribution in [-0.4, -0.2) is 9.97 Å². The van der Waals surface area contributed by atoms with E-state index in [2.05, 4.69) is 59.4 Å². The molecule has 0 amide bonds. The molecule has 0 saturated carbocycles. The first kappa shape index (κ1) is 13.6. The third-order valence-electron chi connectivity index (χ3n) is 4.11. The van der Waals surface area contributed by atoms with Crippen molar-refractivity contribution >= 4 is 10.8 Å². The summed E-state index contributed by atoms with van der Waals surface area (Å²) in [6.45, 7) is 2.11. The SMILES string of the molecule is Cc1ccc(-c2cc3cnccc3cc2-c2cccnc2)cc1. The predicted molar refractivity (Wildman–Crippen MR) is 95.1 cm³/mol. The van der Waals surface area contributed by atoms with Crippen molar-refractivity contribution in [1.29, 1.82) is 0 Å². The number of pyridine rings is 2. The van der Waals surface area contributed by atoms with Gasteiger partial charge in [0, 0.05) is 35.7 Å². The molecule has 2 heterocycles. The Balaban J connectivity index is 2.02. The van der Waals surface area contributed by atoms with Gasteiger partial charge in [-0.2, -0.15) is 0 Å². The van der Waals surface area contributed by atoms with Gasteiger partial charge < -0.3 is 0 Å². The van der Waals surface area contributed by atoms with Crippen molar-refractivity contribution in [3.05, 3.63) is 84.9 Å². The number of nitrogens with zero attached hydrogens (tertiary/aromatic N) is 2. The Bertz CT molecular complexity index is 958. The van der Waals surface area contributed by atoms with Crippen LogP contribution in [0, 0.1) is 6.92 Å². The van der Waals surface area contributed by atoms with Gasteiger partial charge in [-0.15, -0.1) is 0 Å². The molecule has 0 radical (unpaired) electrons. The Kier molecular flexibility index (Phi) is 3.35. The molecule has 0 N–H and O–H groups in total. The molecule has 0 bridgehead atoms. The molecule has 2 heteroatoms. The van der Waals surface area contributed by atoms with Crippen molar-refractivity contribution < 1.29 is 0 Å². The fourth-order valence-electron chi connectivity index (χ4n) is 2.87. The van der Waals surface area contributed by atoms with Crippen molar-refractivity contribution in [3.8, 4) is 22.3 Å². The zero-order chi connectivity index (χ0) is 15.6. The number of aromatic nitrogens is 2. The molecule has 2 aromatic heterocycles. The van der Waals surface area contributed by atoms with Crippen LogP contribution in [0.5, 0.6) is 0 Å². The van der Waals surface area contributed by atoms with E-state index < -0.39 is 0 Å². The second-order valence-corrected chi connectivity index (χ2v) is 5.73.